The van der Waals surface area contributed by atoms with Gasteiger partial charge in [-0.25, -0.2) is 4.98 Å². The molecule has 0 saturated heterocycles. The van der Waals surface area contributed by atoms with E-state index in [1.165, 1.54) is 10.6 Å². The van der Waals surface area contributed by atoms with Crippen LogP contribution in [0.3, 0.4) is 0 Å². The first-order chi connectivity index (χ1) is 8.97. The number of thiazole rings is 1. The van der Waals surface area contributed by atoms with Crippen molar-refractivity contribution < 1.29 is 0 Å². The van der Waals surface area contributed by atoms with Crippen LogP contribution in [-0.4, -0.2) is 20.8 Å². The topological polar surface area (TPSA) is 42.7 Å². The standard InChI is InChI=1S/C14H22N4S/c1-9(2)13-12(7-15-10(3)4)19-14(17-13)11-6-16-18(5)8-11/h6,8-10,15H,7H2,1-5H3. The van der Waals surface area contributed by atoms with Crippen molar-refractivity contribution in [2.75, 3.05) is 0 Å². The molecule has 5 heteroatoms. The minimum absolute atomic E-state index is 0.450. The molecule has 2 aromatic heterocycles. The maximum absolute atomic E-state index is 4.80. The molecule has 19 heavy (non-hydrogen) atoms. The van der Waals surface area contributed by atoms with E-state index in [4.69, 9.17) is 4.98 Å². The minimum atomic E-state index is 0.450. The van der Waals surface area contributed by atoms with E-state index in [-0.39, 0.29) is 0 Å². The average molecular weight is 278 g/mol. The summed E-state index contributed by atoms with van der Waals surface area (Å²) in [6, 6.07) is 0.490. The lowest BCUT2D eigenvalue weighted by Gasteiger charge is -2.09. The molecule has 104 valence electrons. The molecule has 2 heterocycles. The molecule has 0 aliphatic carbocycles. The van der Waals surface area contributed by atoms with E-state index in [1.54, 1.807) is 11.3 Å². The second kappa shape index (κ2) is 5.84. The Hall–Kier alpha value is -1.20. The Labute approximate surface area is 118 Å². The molecule has 0 aromatic carbocycles. The van der Waals surface area contributed by atoms with Crippen LogP contribution in [-0.2, 0) is 13.6 Å². The lowest BCUT2D eigenvalue weighted by Crippen LogP contribution is -2.22. The maximum Gasteiger partial charge on any atom is 0.127 e. The van der Waals surface area contributed by atoms with Crippen LogP contribution < -0.4 is 5.32 Å². The molecule has 2 rings (SSSR count). The molecule has 0 fully saturated rings. The van der Waals surface area contributed by atoms with Gasteiger partial charge >= 0.3 is 0 Å². The number of hydrogen-bond donors (Lipinski definition) is 1. The van der Waals surface area contributed by atoms with Gasteiger partial charge in [0.2, 0.25) is 0 Å². The van der Waals surface area contributed by atoms with Crippen molar-refractivity contribution in [1.29, 1.82) is 0 Å². The lowest BCUT2D eigenvalue weighted by molar-refractivity contribution is 0.588. The average Bonchev–Trinajstić information content (AvgIpc) is 2.92. The van der Waals surface area contributed by atoms with Gasteiger partial charge in [-0.1, -0.05) is 27.7 Å². The normalized spacial score (nSPS) is 11.7. The molecule has 0 atom stereocenters. The minimum Gasteiger partial charge on any atom is -0.310 e. The molecule has 0 aliphatic rings. The molecular weight excluding hydrogens is 256 g/mol. The Kier molecular flexibility index (Phi) is 4.37. The predicted molar refractivity (Wildman–Crippen MR) is 80.4 cm³/mol. The van der Waals surface area contributed by atoms with Gasteiger partial charge in [-0.3, -0.25) is 4.68 Å². The van der Waals surface area contributed by atoms with Crippen molar-refractivity contribution in [3.63, 3.8) is 0 Å². The molecule has 0 bridgehead atoms. The van der Waals surface area contributed by atoms with Gasteiger partial charge in [0.25, 0.3) is 0 Å². The van der Waals surface area contributed by atoms with Crippen LogP contribution in [0, 0.1) is 0 Å². The van der Waals surface area contributed by atoms with Crippen LogP contribution in [0.15, 0.2) is 12.4 Å². The van der Waals surface area contributed by atoms with E-state index >= 15 is 0 Å². The largest absolute Gasteiger partial charge is 0.310 e. The van der Waals surface area contributed by atoms with Gasteiger partial charge in [0.05, 0.1) is 11.9 Å². The first kappa shape index (κ1) is 14.2. The Morgan fingerprint density at radius 2 is 2.05 bits per heavy atom. The van der Waals surface area contributed by atoms with E-state index < -0.39 is 0 Å². The molecule has 0 spiro atoms. The van der Waals surface area contributed by atoms with Crippen LogP contribution in [0.4, 0.5) is 0 Å². The number of aryl methyl sites for hydroxylation is 1. The Morgan fingerprint density at radius 1 is 1.32 bits per heavy atom. The zero-order chi connectivity index (χ0) is 14.0. The second-order valence-electron chi connectivity index (χ2n) is 5.42. The van der Waals surface area contributed by atoms with Crippen molar-refractivity contribution in [1.82, 2.24) is 20.1 Å². The van der Waals surface area contributed by atoms with Crippen LogP contribution in [0.5, 0.6) is 0 Å². The van der Waals surface area contributed by atoms with Gasteiger partial charge in [0, 0.05) is 36.3 Å². The molecule has 0 aliphatic heterocycles. The first-order valence-electron chi connectivity index (χ1n) is 6.69. The monoisotopic (exact) mass is 278 g/mol. The molecule has 0 amide bonds. The van der Waals surface area contributed by atoms with E-state index in [0.717, 1.165) is 17.1 Å². The molecule has 0 radical (unpaired) electrons. The third-order valence-electron chi connectivity index (χ3n) is 2.90. The van der Waals surface area contributed by atoms with Gasteiger partial charge in [0.1, 0.15) is 5.01 Å². The highest BCUT2D eigenvalue weighted by Crippen LogP contribution is 2.31. The molecule has 0 unspecified atom stereocenters. The summed E-state index contributed by atoms with van der Waals surface area (Å²) in [7, 11) is 1.93. The van der Waals surface area contributed by atoms with E-state index in [0.29, 0.717) is 12.0 Å². The fourth-order valence-electron chi connectivity index (χ4n) is 1.89. The van der Waals surface area contributed by atoms with Crippen LogP contribution in [0.25, 0.3) is 10.6 Å². The molecule has 4 nitrogen and oxygen atoms in total. The maximum atomic E-state index is 4.80. The quantitative estimate of drug-likeness (QED) is 0.913. The van der Waals surface area contributed by atoms with Crippen LogP contribution in [0.1, 0.15) is 44.2 Å². The summed E-state index contributed by atoms with van der Waals surface area (Å²) in [4.78, 5) is 6.13. The van der Waals surface area contributed by atoms with Gasteiger partial charge in [-0.15, -0.1) is 11.3 Å². The van der Waals surface area contributed by atoms with Crippen molar-refractivity contribution in [3.8, 4) is 10.6 Å². The number of nitrogens with zero attached hydrogens (tertiary/aromatic N) is 3. The summed E-state index contributed by atoms with van der Waals surface area (Å²) >= 11 is 1.77. The van der Waals surface area contributed by atoms with Crippen molar-refractivity contribution in [2.24, 2.45) is 7.05 Å². The third-order valence-corrected chi connectivity index (χ3v) is 4.02. The SMILES string of the molecule is CC(C)NCc1sc(-c2cnn(C)c2)nc1C(C)C. The van der Waals surface area contributed by atoms with Crippen molar-refractivity contribution in [2.45, 2.75) is 46.2 Å². The summed E-state index contributed by atoms with van der Waals surface area (Å²) in [6.07, 6.45) is 3.89. The lowest BCUT2D eigenvalue weighted by atomic mass is 10.1. The molecule has 2 aromatic rings. The first-order valence-corrected chi connectivity index (χ1v) is 7.51. The van der Waals surface area contributed by atoms with E-state index in [9.17, 15) is 0 Å². The number of rotatable bonds is 5. The highest BCUT2D eigenvalue weighted by atomic mass is 32.1. The highest BCUT2D eigenvalue weighted by molar-refractivity contribution is 7.15. The van der Waals surface area contributed by atoms with Gasteiger partial charge < -0.3 is 5.32 Å². The summed E-state index contributed by atoms with van der Waals surface area (Å²) in [5.74, 6) is 0.450. The Morgan fingerprint density at radius 3 is 2.58 bits per heavy atom. The van der Waals surface area contributed by atoms with Crippen molar-refractivity contribution in [3.05, 3.63) is 23.0 Å². The summed E-state index contributed by atoms with van der Waals surface area (Å²) in [5, 5.41) is 8.76. The van der Waals surface area contributed by atoms with Crippen LogP contribution >= 0.6 is 11.3 Å². The smallest absolute Gasteiger partial charge is 0.127 e. The fourth-order valence-corrected chi connectivity index (χ4v) is 3.04. The Bertz CT molecular complexity index is 539. The summed E-state index contributed by atoms with van der Waals surface area (Å²) in [6.45, 7) is 9.61. The van der Waals surface area contributed by atoms with Crippen molar-refractivity contribution >= 4 is 11.3 Å². The van der Waals surface area contributed by atoms with Gasteiger partial charge in [0.15, 0.2) is 0 Å². The van der Waals surface area contributed by atoms with E-state index in [1.807, 2.05) is 24.1 Å². The third kappa shape index (κ3) is 3.42. The molecule has 1 N–H and O–H groups in total. The highest BCUT2D eigenvalue weighted by Gasteiger charge is 2.16. The molecule has 0 saturated carbocycles. The summed E-state index contributed by atoms with van der Waals surface area (Å²) in [5.41, 5.74) is 2.31. The zero-order valence-corrected chi connectivity index (χ0v) is 13.1. The second-order valence-corrected chi connectivity index (χ2v) is 6.50. The molecular formula is C14H22N4S. The predicted octanol–water partition coefficient (Wildman–Crippen LogP) is 3.17. The Balaban J connectivity index is 2.29. The van der Waals surface area contributed by atoms with E-state index in [2.05, 4.69) is 38.1 Å². The zero-order valence-electron chi connectivity index (χ0n) is 12.3. The summed E-state index contributed by atoms with van der Waals surface area (Å²) < 4.78 is 1.82. The van der Waals surface area contributed by atoms with Crippen LogP contribution in [0.2, 0.25) is 0 Å². The number of aromatic nitrogens is 3. The fraction of sp³-hybridized carbons (Fsp3) is 0.571. The van der Waals surface area contributed by atoms with Gasteiger partial charge in [-0.05, 0) is 5.92 Å². The number of hydrogen-bond acceptors (Lipinski definition) is 4. The van der Waals surface area contributed by atoms with Gasteiger partial charge in [-0.2, -0.15) is 5.10 Å². The number of nitrogens with one attached hydrogen (secondary N) is 1.